The van der Waals surface area contributed by atoms with E-state index in [-0.39, 0.29) is 12.5 Å². The molecule has 1 heterocycles. The van der Waals surface area contributed by atoms with Crippen LogP contribution in [-0.2, 0) is 11.2 Å². The number of anilines is 1. The number of hydrogen-bond acceptors (Lipinski definition) is 2. The lowest BCUT2D eigenvalue weighted by molar-refractivity contribution is -0.113. The second-order valence-corrected chi connectivity index (χ2v) is 7.72. The predicted octanol–water partition coefficient (Wildman–Crippen LogP) is 5.84. The van der Waals surface area contributed by atoms with E-state index in [1.165, 1.54) is 37.7 Å². The highest BCUT2D eigenvalue weighted by molar-refractivity contribution is 6.30. The van der Waals surface area contributed by atoms with Gasteiger partial charge >= 0.3 is 0 Å². The fourth-order valence-corrected chi connectivity index (χ4v) is 3.89. The van der Waals surface area contributed by atoms with Gasteiger partial charge in [0.15, 0.2) is 0 Å². The maximum absolute atomic E-state index is 12.6. The van der Waals surface area contributed by atoms with Crippen molar-refractivity contribution in [2.75, 3.05) is 11.9 Å². The van der Waals surface area contributed by atoms with Crippen LogP contribution < -0.4 is 10.1 Å². The highest BCUT2D eigenvalue weighted by atomic mass is 35.5. The summed E-state index contributed by atoms with van der Waals surface area (Å²) in [7, 11) is 0. The molecule has 0 atom stereocenters. The molecule has 1 fully saturated rings. The fraction of sp³-hybridized carbons (Fsp3) is 0.304. The molecule has 0 spiro atoms. The lowest BCUT2D eigenvalue weighted by Gasteiger charge is -2.21. The molecule has 1 amide bonds. The second kappa shape index (κ2) is 8.18. The molecule has 4 heteroatoms. The Labute approximate surface area is 165 Å². The van der Waals surface area contributed by atoms with Gasteiger partial charge in [-0.1, -0.05) is 43.0 Å². The number of carbonyl (C=O) groups is 1. The summed E-state index contributed by atoms with van der Waals surface area (Å²) < 4.78 is 5.66. The summed E-state index contributed by atoms with van der Waals surface area (Å²) in [6.07, 6.45) is 9.45. The number of benzene rings is 2. The van der Waals surface area contributed by atoms with Gasteiger partial charge < -0.3 is 10.1 Å². The number of fused-ring (bicyclic) bond motifs is 1. The number of amides is 1. The Bertz CT molecular complexity index is 851. The zero-order valence-electron chi connectivity index (χ0n) is 15.3. The van der Waals surface area contributed by atoms with E-state index in [1.807, 2.05) is 24.3 Å². The first-order valence-electron chi connectivity index (χ1n) is 9.54. The molecule has 0 aromatic heterocycles. The molecule has 3 nitrogen and oxygen atoms in total. The Hall–Kier alpha value is -2.26. The van der Waals surface area contributed by atoms with Gasteiger partial charge in [0.1, 0.15) is 12.4 Å². The number of nitrogens with one attached hydrogen (secondary N) is 1. The van der Waals surface area contributed by atoms with Gasteiger partial charge in [-0.3, -0.25) is 4.79 Å². The molecule has 1 N–H and O–H groups in total. The lowest BCUT2D eigenvalue weighted by atomic mass is 9.85. The van der Waals surface area contributed by atoms with Crippen LogP contribution in [0.1, 0.15) is 43.2 Å². The minimum absolute atomic E-state index is 0.143. The number of carbonyl (C=O) groups excluding carboxylic acids is 1. The van der Waals surface area contributed by atoms with Gasteiger partial charge in [0.05, 0.1) is 5.57 Å². The van der Waals surface area contributed by atoms with Crippen LogP contribution in [0.5, 0.6) is 5.75 Å². The van der Waals surface area contributed by atoms with Crippen molar-refractivity contribution in [3.8, 4) is 5.75 Å². The van der Waals surface area contributed by atoms with Crippen molar-refractivity contribution in [1.82, 2.24) is 0 Å². The summed E-state index contributed by atoms with van der Waals surface area (Å²) in [5.74, 6) is 2.26. The molecule has 2 aliphatic rings. The zero-order chi connectivity index (χ0) is 18.6. The number of ether oxygens (including phenoxy) is 1. The minimum atomic E-state index is -0.143. The zero-order valence-corrected chi connectivity index (χ0v) is 16.0. The maximum Gasteiger partial charge on any atom is 0.255 e. The SMILES string of the molecule is O=C(Nc1ccc(C[C]2CCCCC2)cc1)C1=Cc2cc(Cl)ccc2OC1. The minimum Gasteiger partial charge on any atom is -0.488 e. The lowest BCUT2D eigenvalue weighted by Crippen LogP contribution is -2.21. The molecule has 1 aliphatic carbocycles. The highest BCUT2D eigenvalue weighted by Gasteiger charge is 2.18. The summed E-state index contributed by atoms with van der Waals surface area (Å²) in [6.45, 7) is 0.261. The standard InChI is InChI=1S/C23H23ClNO2/c24-20-8-11-22-18(14-20)13-19(15-27-22)23(26)25-21-9-6-17(7-10-21)12-16-4-2-1-3-5-16/h6-11,13-14H,1-5,12,15H2,(H,25,26). The molecule has 1 radical (unpaired) electrons. The molecular weight excluding hydrogens is 358 g/mol. The van der Waals surface area contributed by atoms with E-state index in [0.29, 0.717) is 10.6 Å². The molecule has 4 rings (SSSR count). The molecule has 0 bridgehead atoms. The van der Waals surface area contributed by atoms with Crippen molar-refractivity contribution < 1.29 is 9.53 Å². The van der Waals surface area contributed by atoms with Crippen LogP contribution in [0.2, 0.25) is 5.02 Å². The van der Waals surface area contributed by atoms with Gasteiger partial charge in [-0.05, 0) is 67.2 Å². The first-order valence-corrected chi connectivity index (χ1v) is 9.92. The molecular formula is C23H23ClNO2. The first-order chi connectivity index (χ1) is 13.2. The van der Waals surface area contributed by atoms with Crippen molar-refractivity contribution in [3.05, 3.63) is 70.1 Å². The van der Waals surface area contributed by atoms with Crippen molar-refractivity contribution >= 4 is 29.3 Å². The van der Waals surface area contributed by atoms with E-state index in [0.717, 1.165) is 23.4 Å². The first kappa shape index (κ1) is 18.1. The van der Waals surface area contributed by atoms with Gasteiger partial charge in [-0.2, -0.15) is 0 Å². The molecule has 2 aromatic carbocycles. The van der Waals surface area contributed by atoms with Crippen molar-refractivity contribution in [2.45, 2.75) is 38.5 Å². The predicted molar refractivity (Wildman–Crippen MR) is 110 cm³/mol. The Morgan fingerprint density at radius 2 is 1.81 bits per heavy atom. The topological polar surface area (TPSA) is 38.3 Å². The maximum atomic E-state index is 12.6. The van der Waals surface area contributed by atoms with Crippen molar-refractivity contribution in [1.29, 1.82) is 0 Å². The van der Waals surface area contributed by atoms with E-state index < -0.39 is 0 Å². The Balaban J connectivity index is 1.39. The quantitative estimate of drug-likeness (QED) is 0.724. The third-order valence-corrected chi connectivity index (χ3v) is 5.44. The van der Waals surface area contributed by atoms with E-state index in [9.17, 15) is 4.79 Å². The Morgan fingerprint density at radius 3 is 2.59 bits per heavy atom. The van der Waals surface area contributed by atoms with E-state index >= 15 is 0 Å². The van der Waals surface area contributed by atoms with Gasteiger partial charge in [0, 0.05) is 16.3 Å². The summed E-state index contributed by atoms with van der Waals surface area (Å²) >= 11 is 6.03. The van der Waals surface area contributed by atoms with Crippen LogP contribution in [0, 0.1) is 5.92 Å². The summed E-state index contributed by atoms with van der Waals surface area (Å²) in [4.78, 5) is 12.6. The average Bonchev–Trinajstić information content (AvgIpc) is 2.69. The van der Waals surface area contributed by atoms with Crippen LogP contribution in [0.15, 0.2) is 48.0 Å². The second-order valence-electron chi connectivity index (χ2n) is 7.28. The third-order valence-electron chi connectivity index (χ3n) is 5.20. The van der Waals surface area contributed by atoms with E-state index in [2.05, 4.69) is 17.4 Å². The monoisotopic (exact) mass is 380 g/mol. The van der Waals surface area contributed by atoms with Gasteiger partial charge in [-0.25, -0.2) is 0 Å². The highest BCUT2D eigenvalue weighted by Crippen LogP contribution is 2.30. The molecule has 1 saturated carbocycles. The van der Waals surface area contributed by atoms with Crippen molar-refractivity contribution in [3.63, 3.8) is 0 Å². The van der Waals surface area contributed by atoms with Crippen LogP contribution in [0.3, 0.4) is 0 Å². The average molecular weight is 381 g/mol. The number of hydrogen-bond donors (Lipinski definition) is 1. The molecule has 27 heavy (non-hydrogen) atoms. The third kappa shape index (κ3) is 4.54. The Morgan fingerprint density at radius 1 is 1.04 bits per heavy atom. The van der Waals surface area contributed by atoms with Gasteiger partial charge in [0.2, 0.25) is 0 Å². The molecule has 0 unspecified atom stereocenters. The van der Waals surface area contributed by atoms with Gasteiger partial charge in [-0.15, -0.1) is 0 Å². The molecule has 1 aliphatic heterocycles. The normalized spacial score (nSPS) is 16.9. The fourth-order valence-electron chi connectivity index (χ4n) is 3.71. The van der Waals surface area contributed by atoms with E-state index in [4.69, 9.17) is 16.3 Å². The van der Waals surface area contributed by atoms with Crippen LogP contribution >= 0.6 is 11.6 Å². The molecule has 0 saturated heterocycles. The smallest absolute Gasteiger partial charge is 0.255 e. The molecule has 2 aromatic rings. The van der Waals surface area contributed by atoms with E-state index in [1.54, 1.807) is 18.1 Å². The summed E-state index contributed by atoms with van der Waals surface area (Å²) in [6, 6.07) is 13.6. The number of halogens is 1. The molecule has 139 valence electrons. The number of rotatable bonds is 4. The van der Waals surface area contributed by atoms with Crippen LogP contribution in [0.4, 0.5) is 5.69 Å². The van der Waals surface area contributed by atoms with Crippen LogP contribution in [0.25, 0.3) is 6.08 Å². The van der Waals surface area contributed by atoms with Gasteiger partial charge in [0.25, 0.3) is 5.91 Å². The summed E-state index contributed by atoms with van der Waals surface area (Å²) in [5, 5.41) is 3.59. The Kier molecular flexibility index (Phi) is 5.49. The van der Waals surface area contributed by atoms with Crippen molar-refractivity contribution in [2.24, 2.45) is 0 Å². The van der Waals surface area contributed by atoms with Crippen LogP contribution in [-0.4, -0.2) is 12.5 Å². The largest absolute Gasteiger partial charge is 0.488 e. The summed E-state index contributed by atoms with van der Waals surface area (Å²) in [5.41, 5.74) is 3.54.